The van der Waals surface area contributed by atoms with Gasteiger partial charge in [0.25, 0.3) is 0 Å². The lowest BCUT2D eigenvalue weighted by Gasteiger charge is -2.12. The maximum Gasteiger partial charge on any atom is 0.325 e. The van der Waals surface area contributed by atoms with Crippen molar-refractivity contribution in [3.05, 3.63) is 22.4 Å². The molecule has 0 aliphatic heterocycles. The van der Waals surface area contributed by atoms with Crippen LogP contribution in [-0.4, -0.2) is 9.55 Å². The quantitative estimate of drug-likeness (QED) is 0.741. The second-order valence-electron chi connectivity index (χ2n) is 3.75. The second kappa shape index (κ2) is 3.40. The van der Waals surface area contributed by atoms with Crippen LogP contribution in [0.5, 0.6) is 0 Å². The van der Waals surface area contributed by atoms with Gasteiger partial charge in [0.1, 0.15) is 0 Å². The van der Waals surface area contributed by atoms with E-state index < -0.39 is 0 Å². The third-order valence-electron chi connectivity index (χ3n) is 2.94. The van der Waals surface area contributed by atoms with Crippen LogP contribution < -0.4 is 5.69 Å². The van der Waals surface area contributed by atoms with Crippen LogP contribution in [0.2, 0.25) is 0 Å². The van der Waals surface area contributed by atoms with Gasteiger partial charge in [-0.3, -0.25) is 4.57 Å². The lowest BCUT2D eigenvalue weighted by Crippen LogP contribution is -2.22. The van der Waals surface area contributed by atoms with E-state index in [2.05, 4.69) is 11.9 Å². The van der Waals surface area contributed by atoms with Gasteiger partial charge in [0.15, 0.2) is 0 Å². The van der Waals surface area contributed by atoms with Crippen LogP contribution in [0, 0.1) is 0 Å². The molecule has 1 saturated carbocycles. The zero-order valence-corrected chi connectivity index (χ0v) is 8.05. The molecule has 0 atom stereocenters. The summed E-state index contributed by atoms with van der Waals surface area (Å²) < 4.78 is 1.95. The maximum absolute atomic E-state index is 11.5. The Morgan fingerprint density at radius 2 is 2.23 bits per heavy atom. The van der Waals surface area contributed by atoms with Gasteiger partial charge in [-0.15, -0.1) is 0 Å². The highest BCUT2D eigenvalue weighted by Crippen LogP contribution is 2.29. The number of hydrogen-bond acceptors (Lipinski definition) is 1. The summed E-state index contributed by atoms with van der Waals surface area (Å²) in [5.74, 6) is 0. The first-order valence-electron chi connectivity index (χ1n) is 5.11. The molecule has 0 spiro atoms. The Morgan fingerprint density at radius 1 is 1.54 bits per heavy atom. The molecule has 0 amide bonds. The zero-order chi connectivity index (χ0) is 9.26. The van der Waals surface area contributed by atoms with Gasteiger partial charge in [-0.25, -0.2) is 4.79 Å². The van der Waals surface area contributed by atoms with E-state index in [1.807, 2.05) is 10.8 Å². The van der Waals surface area contributed by atoms with Crippen molar-refractivity contribution in [2.45, 2.75) is 45.1 Å². The van der Waals surface area contributed by atoms with Crippen molar-refractivity contribution < 1.29 is 0 Å². The van der Waals surface area contributed by atoms with E-state index in [9.17, 15) is 4.79 Å². The molecule has 3 nitrogen and oxygen atoms in total. The van der Waals surface area contributed by atoms with E-state index in [1.54, 1.807) is 0 Å². The van der Waals surface area contributed by atoms with Crippen LogP contribution >= 0.6 is 0 Å². The Hall–Kier alpha value is -0.990. The van der Waals surface area contributed by atoms with Crippen LogP contribution in [0.25, 0.3) is 0 Å². The van der Waals surface area contributed by atoms with Crippen molar-refractivity contribution in [3.63, 3.8) is 0 Å². The predicted octanol–water partition coefficient (Wildman–Crippen LogP) is 1.85. The number of nitrogens with one attached hydrogen (secondary N) is 1. The van der Waals surface area contributed by atoms with Crippen LogP contribution in [0.3, 0.4) is 0 Å². The van der Waals surface area contributed by atoms with Crippen molar-refractivity contribution in [3.8, 4) is 0 Å². The number of rotatable bonds is 2. The number of imidazole rings is 1. The van der Waals surface area contributed by atoms with E-state index in [1.165, 1.54) is 25.7 Å². The fourth-order valence-electron chi connectivity index (χ4n) is 2.25. The Balaban J connectivity index is 2.36. The molecule has 0 saturated heterocycles. The largest absolute Gasteiger partial charge is 0.325 e. The van der Waals surface area contributed by atoms with Gasteiger partial charge in [0.2, 0.25) is 0 Å². The minimum absolute atomic E-state index is 0.0729. The Kier molecular flexibility index (Phi) is 2.25. The summed E-state index contributed by atoms with van der Waals surface area (Å²) in [6.45, 7) is 2.09. The summed E-state index contributed by atoms with van der Waals surface area (Å²) in [5, 5.41) is 0. The van der Waals surface area contributed by atoms with Crippen LogP contribution in [0.1, 0.15) is 44.3 Å². The summed E-state index contributed by atoms with van der Waals surface area (Å²) in [5.41, 5.74) is 1.22. The molecule has 3 heteroatoms. The highest BCUT2D eigenvalue weighted by atomic mass is 16.1. The third kappa shape index (κ3) is 1.43. The monoisotopic (exact) mass is 180 g/mol. The summed E-state index contributed by atoms with van der Waals surface area (Å²) >= 11 is 0. The molecule has 2 rings (SSSR count). The number of nitrogens with zero attached hydrogens (tertiary/aromatic N) is 1. The zero-order valence-electron chi connectivity index (χ0n) is 8.05. The molecule has 1 heterocycles. The highest BCUT2D eigenvalue weighted by molar-refractivity contribution is 5.01. The molecule has 72 valence electrons. The maximum atomic E-state index is 11.5. The van der Waals surface area contributed by atoms with Crippen LogP contribution in [-0.2, 0) is 6.42 Å². The van der Waals surface area contributed by atoms with E-state index in [4.69, 9.17) is 0 Å². The summed E-state index contributed by atoms with van der Waals surface area (Å²) in [7, 11) is 0. The molecule has 1 fully saturated rings. The van der Waals surface area contributed by atoms with Crippen molar-refractivity contribution >= 4 is 0 Å². The first-order chi connectivity index (χ1) is 6.33. The van der Waals surface area contributed by atoms with E-state index in [0.717, 1.165) is 12.1 Å². The Morgan fingerprint density at radius 3 is 2.85 bits per heavy atom. The standard InChI is InChI=1S/C10H16N2O/c1-2-8-7-11-10(13)12(8)9-5-3-4-6-9/h7,9H,2-6H2,1H3,(H,11,13). The molecule has 1 N–H and O–H groups in total. The molecule has 1 aliphatic rings. The SMILES string of the molecule is CCc1c[nH]c(=O)n1C1CCCC1. The van der Waals surface area contributed by atoms with Crippen molar-refractivity contribution in [2.75, 3.05) is 0 Å². The number of aromatic amines is 1. The molecule has 0 unspecified atom stereocenters. The molecule has 1 aromatic heterocycles. The molecule has 1 aromatic rings. The summed E-state index contributed by atoms with van der Waals surface area (Å²) in [4.78, 5) is 14.3. The minimum atomic E-state index is 0.0729. The van der Waals surface area contributed by atoms with Gasteiger partial charge in [0.05, 0.1) is 0 Å². The van der Waals surface area contributed by atoms with Gasteiger partial charge < -0.3 is 4.98 Å². The highest BCUT2D eigenvalue weighted by Gasteiger charge is 2.20. The average molecular weight is 180 g/mol. The fraction of sp³-hybridized carbons (Fsp3) is 0.700. The van der Waals surface area contributed by atoms with Gasteiger partial charge in [0, 0.05) is 17.9 Å². The number of H-pyrrole nitrogens is 1. The van der Waals surface area contributed by atoms with Gasteiger partial charge in [-0.1, -0.05) is 19.8 Å². The average Bonchev–Trinajstić information content (AvgIpc) is 2.72. The first-order valence-corrected chi connectivity index (χ1v) is 5.11. The normalized spacial score (nSPS) is 18.2. The molecule has 0 aromatic carbocycles. The van der Waals surface area contributed by atoms with E-state index in [0.29, 0.717) is 6.04 Å². The van der Waals surface area contributed by atoms with Gasteiger partial charge in [-0.2, -0.15) is 0 Å². The van der Waals surface area contributed by atoms with Crippen LogP contribution in [0.4, 0.5) is 0 Å². The van der Waals surface area contributed by atoms with Gasteiger partial charge >= 0.3 is 5.69 Å². The molecule has 0 bridgehead atoms. The van der Waals surface area contributed by atoms with Crippen molar-refractivity contribution in [2.24, 2.45) is 0 Å². The molecule has 1 aliphatic carbocycles. The Bertz CT molecular complexity index is 331. The van der Waals surface area contributed by atoms with E-state index in [-0.39, 0.29) is 5.69 Å². The first kappa shape index (κ1) is 8.60. The lowest BCUT2D eigenvalue weighted by molar-refractivity contribution is 0.488. The number of aromatic nitrogens is 2. The molecule has 0 radical (unpaired) electrons. The van der Waals surface area contributed by atoms with Crippen LogP contribution in [0.15, 0.2) is 11.0 Å². The smallest absolute Gasteiger partial charge is 0.312 e. The number of aryl methyl sites for hydroxylation is 1. The molecule has 13 heavy (non-hydrogen) atoms. The lowest BCUT2D eigenvalue weighted by atomic mass is 10.2. The second-order valence-corrected chi connectivity index (χ2v) is 3.75. The van der Waals surface area contributed by atoms with Crippen molar-refractivity contribution in [1.29, 1.82) is 0 Å². The third-order valence-corrected chi connectivity index (χ3v) is 2.94. The molecular weight excluding hydrogens is 164 g/mol. The summed E-state index contributed by atoms with van der Waals surface area (Å²) in [6, 6.07) is 0.466. The Labute approximate surface area is 77.8 Å². The fourth-order valence-corrected chi connectivity index (χ4v) is 2.25. The van der Waals surface area contributed by atoms with E-state index >= 15 is 0 Å². The summed E-state index contributed by atoms with van der Waals surface area (Å²) in [6.07, 6.45) is 7.67. The minimum Gasteiger partial charge on any atom is -0.312 e. The number of hydrogen-bond donors (Lipinski definition) is 1. The topological polar surface area (TPSA) is 37.8 Å². The van der Waals surface area contributed by atoms with Gasteiger partial charge in [-0.05, 0) is 19.3 Å². The predicted molar refractivity (Wildman–Crippen MR) is 51.9 cm³/mol. The molecular formula is C10H16N2O. The van der Waals surface area contributed by atoms with Crippen molar-refractivity contribution in [1.82, 2.24) is 9.55 Å².